The molecule has 0 saturated heterocycles. The number of hydrogen-bond acceptors (Lipinski definition) is 2. The molecule has 0 amide bonds. The summed E-state index contributed by atoms with van der Waals surface area (Å²) in [4.78, 5) is 0. The highest BCUT2D eigenvalue weighted by molar-refractivity contribution is 5.09. The van der Waals surface area contributed by atoms with Gasteiger partial charge in [-0.15, -0.1) is 0 Å². The Morgan fingerprint density at radius 2 is 2.33 bits per heavy atom. The molecule has 2 nitrogen and oxygen atoms in total. The predicted octanol–water partition coefficient (Wildman–Crippen LogP) is 2.58. The molecule has 2 heteroatoms. The molecule has 3 rings (SSSR count). The number of aromatic nitrogens is 1. The predicted molar refractivity (Wildman–Crippen MR) is 44.7 cm³/mol. The highest BCUT2D eigenvalue weighted by Gasteiger charge is 2.41. The van der Waals surface area contributed by atoms with Crippen LogP contribution in [-0.4, -0.2) is 5.16 Å². The Labute approximate surface area is 71.9 Å². The second-order valence-electron chi connectivity index (χ2n) is 4.20. The lowest BCUT2D eigenvalue weighted by Crippen LogP contribution is -2.07. The Morgan fingerprint density at radius 3 is 2.92 bits per heavy atom. The van der Waals surface area contributed by atoms with Gasteiger partial charge in [-0.05, 0) is 31.1 Å². The van der Waals surface area contributed by atoms with Crippen LogP contribution in [0.1, 0.15) is 37.4 Å². The van der Waals surface area contributed by atoms with E-state index in [0.717, 1.165) is 17.6 Å². The molecule has 3 atom stereocenters. The molecule has 1 heterocycles. The van der Waals surface area contributed by atoms with Gasteiger partial charge in [0.2, 0.25) is 0 Å². The minimum atomic E-state index is 0.700. The van der Waals surface area contributed by atoms with E-state index in [4.69, 9.17) is 4.52 Å². The van der Waals surface area contributed by atoms with Gasteiger partial charge < -0.3 is 4.52 Å². The molecule has 0 radical (unpaired) electrons. The van der Waals surface area contributed by atoms with Crippen molar-refractivity contribution in [3.05, 3.63) is 18.0 Å². The summed E-state index contributed by atoms with van der Waals surface area (Å²) in [6.45, 7) is 0. The van der Waals surface area contributed by atoms with Crippen LogP contribution >= 0.6 is 0 Å². The summed E-state index contributed by atoms with van der Waals surface area (Å²) < 4.78 is 5.22. The van der Waals surface area contributed by atoms with Crippen molar-refractivity contribution in [2.75, 3.05) is 0 Å². The van der Waals surface area contributed by atoms with Gasteiger partial charge in [0, 0.05) is 12.0 Å². The van der Waals surface area contributed by atoms with Crippen LogP contribution in [0.25, 0.3) is 0 Å². The van der Waals surface area contributed by atoms with Crippen molar-refractivity contribution in [3.63, 3.8) is 0 Å². The molecule has 2 bridgehead atoms. The van der Waals surface area contributed by atoms with Crippen molar-refractivity contribution < 1.29 is 4.52 Å². The fraction of sp³-hybridized carbons (Fsp3) is 0.700. The standard InChI is InChI=1S/C10H13NO/c1-2-8-5-7(1)6-9(8)10-3-4-11-12-10/h3-4,7-9H,1-2,5-6H2/t7-,8+,9+/m1/s1. The summed E-state index contributed by atoms with van der Waals surface area (Å²) >= 11 is 0. The zero-order chi connectivity index (χ0) is 7.97. The molecule has 0 aliphatic heterocycles. The van der Waals surface area contributed by atoms with Crippen LogP contribution in [0.3, 0.4) is 0 Å². The second kappa shape index (κ2) is 2.35. The van der Waals surface area contributed by atoms with E-state index in [1.807, 2.05) is 6.07 Å². The van der Waals surface area contributed by atoms with Crippen LogP contribution in [-0.2, 0) is 0 Å². The maximum atomic E-state index is 5.22. The van der Waals surface area contributed by atoms with E-state index in [0.29, 0.717) is 5.92 Å². The molecule has 2 fully saturated rings. The van der Waals surface area contributed by atoms with Crippen molar-refractivity contribution in [3.8, 4) is 0 Å². The summed E-state index contributed by atoms with van der Waals surface area (Å²) in [5.41, 5.74) is 0. The minimum Gasteiger partial charge on any atom is -0.361 e. The van der Waals surface area contributed by atoms with Gasteiger partial charge in [-0.3, -0.25) is 0 Å². The topological polar surface area (TPSA) is 26.0 Å². The smallest absolute Gasteiger partial charge is 0.140 e. The van der Waals surface area contributed by atoms with Crippen molar-refractivity contribution in [2.24, 2.45) is 11.8 Å². The molecule has 1 aromatic heterocycles. The highest BCUT2D eigenvalue weighted by atomic mass is 16.5. The molecule has 64 valence electrons. The first-order valence-electron chi connectivity index (χ1n) is 4.84. The minimum absolute atomic E-state index is 0.700. The van der Waals surface area contributed by atoms with Gasteiger partial charge in [0.25, 0.3) is 0 Å². The highest BCUT2D eigenvalue weighted by Crippen LogP contribution is 2.52. The number of fused-ring (bicyclic) bond motifs is 2. The van der Waals surface area contributed by atoms with Crippen molar-refractivity contribution in [1.82, 2.24) is 5.16 Å². The first-order chi connectivity index (χ1) is 5.93. The van der Waals surface area contributed by atoms with Crippen LogP contribution in [0, 0.1) is 11.8 Å². The number of rotatable bonds is 1. The van der Waals surface area contributed by atoms with E-state index < -0.39 is 0 Å². The monoisotopic (exact) mass is 163 g/mol. The normalized spacial score (nSPS) is 39.2. The fourth-order valence-corrected chi connectivity index (χ4v) is 3.01. The molecule has 2 aliphatic rings. The van der Waals surface area contributed by atoms with Gasteiger partial charge in [-0.2, -0.15) is 0 Å². The lowest BCUT2D eigenvalue weighted by atomic mass is 9.87. The lowest BCUT2D eigenvalue weighted by molar-refractivity contribution is 0.310. The quantitative estimate of drug-likeness (QED) is 0.636. The van der Waals surface area contributed by atoms with Crippen LogP contribution in [0.4, 0.5) is 0 Å². The van der Waals surface area contributed by atoms with Crippen LogP contribution in [0.2, 0.25) is 0 Å². The van der Waals surface area contributed by atoms with E-state index in [1.54, 1.807) is 6.20 Å². The van der Waals surface area contributed by atoms with Crippen LogP contribution < -0.4 is 0 Å². The zero-order valence-corrected chi connectivity index (χ0v) is 7.07. The first-order valence-corrected chi connectivity index (χ1v) is 4.84. The summed E-state index contributed by atoms with van der Waals surface area (Å²) in [5, 5.41) is 3.78. The Kier molecular flexibility index (Phi) is 1.31. The molecule has 0 N–H and O–H groups in total. The Balaban J connectivity index is 1.87. The molecule has 0 spiro atoms. The summed E-state index contributed by atoms with van der Waals surface area (Å²) in [5.74, 6) is 3.72. The summed E-state index contributed by atoms with van der Waals surface area (Å²) in [7, 11) is 0. The molecule has 1 aromatic rings. The van der Waals surface area contributed by atoms with Crippen molar-refractivity contribution in [1.29, 1.82) is 0 Å². The SMILES string of the molecule is c1cc([C@H]2C[C@@H]3CC[C@H]2C3)on1. The maximum Gasteiger partial charge on any atom is 0.140 e. The molecule has 0 aromatic carbocycles. The summed E-state index contributed by atoms with van der Waals surface area (Å²) in [6.07, 6.45) is 7.41. The third-order valence-corrected chi connectivity index (χ3v) is 3.56. The Bertz CT molecular complexity index is 267. The average Bonchev–Trinajstić information content (AvgIpc) is 2.81. The zero-order valence-electron chi connectivity index (χ0n) is 7.07. The molecule has 0 unspecified atom stereocenters. The average molecular weight is 163 g/mol. The number of nitrogens with zero attached hydrogens (tertiary/aromatic N) is 1. The number of hydrogen-bond donors (Lipinski definition) is 0. The van der Waals surface area contributed by atoms with Gasteiger partial charge in [-0.1, -0.05) is 11.6 Å². The van der Waals surface area contributed by atoms with Gasteiger partial charge in [0.1, 0.15) is 5.76 Å². The van der Waals surface area contributed by atoms with Crippen molar-refractivity contribution in [2.45, 2.75) is 31.6 Å². The van der Waals surface area contributed by atoms with Gasteiger partial charge >= 0.3 is 0 Å². The lowest BCUT2D eigenvalue weighted by Gasteiger charge is -2.18. The van der Waals surface area contributed by atoms with E-state index in [1.165, 1.54) is 25.7 Å². The van der Waals surface area contributed by atoms with Gasteiger partial charge in [-0.25, -0.2) is 0 Å². The van der Waals surface area contributed by atoms with Gasteiger partial charge in [0.15, 0.2) is 0 Å². The van der Waals surface area contributed by atoms with E-state index in [2.05, 4.69) is 5.16 Å². The maximum absolute atomic E-state index is 5.22. The van der Waals surface area contributed by atoms with E-state index >= 15 is 0 Å². The second-order valence-corrected chi connectivity index (χ2v) is 4.20. The largest absolute Gasteiger partial charge is 0.361 e. The van der Waals surface area contributed by atoms with Crippen LogP contribution in [0.15, 0.2) is 16.8 Å². The molecule has 12 heavy (non-hydrogen) atoms. The molecular weight excluding hydrogens is 150 g/mol. The molecular formula is C10H13NO. The van der Waals surface area contributed by atoms with E-state index in [-0.39, 0.29) is 0 Å². The van der Waals surface area contributed by atoms with Crippen LogP contribution in [0.5, 0.6) is 0 Å². The molecule has 2 aliphatic carbocycles. The fourth-order valence-electron chi connectivity index (χ4n) is 3.01. The summed E-state index contributed by atoms with van der Waals surface area (Å²) in [6, 6.07) is 2.03. The Hall–Kier alpha value is -0.790. The van der Waals surface area contributed by atoms with E-state index in [9.17, 15) is 0 Å². The Morgan fingerprint density at radius 1 is 1.33 bits per heavy atom. The third kappa shape index (κ3) is 0.838. The third-order valence-electron chi connectivity index (χ3n) is 3.56. The van der Waals surface area contributed by atoms with Gasteiger partial charge in [0.05, 0.1) is 6.20 Å². The van der Waals surface area contributed by atoms with Crippen molar-refractivity contribution >= 4 is 0 Å². The molecule has 2 saturated carbocycles. The first kappa shape index (κ1) is 6.70.